The normalized spacial score (nSPS) is 11.9. The highest BCUT2D eigenvalue weighted by atomic mass is 32.2. The molecule has 0 aliphatic rings. The van der Waals surface area contributed by atoms with Crippen LogP contribution in [0.4, 0.5) is 0 Å². The largest absolute Gasteiger partial charge is 0.310 e. The Morgan fingerprint density at radius 3 is 2.95 bits per heavy atom. The first-order valence-electron chi connectivity index (χ1n) is 6.21. The lowest BCUT2D eigenvalue weighted by atomic mass is 10.1. The molecule has 2 aromatic heterocycles. The van der Waals surface area contributed by atoms with Gasteiger partial charge in [-0.1, -0.05) is 17.8 Å². The van der Waals surface area contributed by atoms with Gasteiger partial charge in [-0.3, -0.25) is 0 Å². The zero-order chi connectivity index (χ0) is 13.7. The number of tetrazole rings is 1. The van der Waals surface area contributed by atoms with Crippen LogP contribution in [0.1, 0.15) is 25.6 Å². The van der Waals surface area contributed by atoms with Crippen LogP contribution < -0.4 is 5.32 Å². The molecule has 0 bridgehead atoms. The van der Waals surface area contributed by atoms with E-state index in [-0.39, 0.29) is 5.54 Å². The number of nitrogens with one attached hydrogen (secondary N) is 1. The Hall–Kier alpha value is -0.920. The summed E-state index contributed by atoms with van der Waals surface area (Å²) in [6.45, 7) is 8.11. The van der Waals surface area contributed by atoms with Gasteiger partial charge in [0.25, 0.3) is 0 Å². The van der Waals surface area contributed by atoms with E-state index in [9.17, 15) is 0 Å². The highest BCUT2D eigenvalue weighted by Crippen LogP contribution is 2.22. The van der Waals surface area contributed by atoms with Gasteiger partial charge in [-0.2, -0.15) is 0 Å². The van der Waals surface area contributed by atoms with E-state index >= 15 is 0 Å². The fourth-order valence-electron chi connectivity index (χ4n) is 1.51. The van der Waals surface area contributed by atoms with E-state index in [1.807, 2.05) is 4.68 Å². The number of rotatable bonds is 6. The van der Waals surface area contributed by atoms with Crippen molar-refractivity contribution in [2.45, 2.75) is 43.8 Å². The highest BCUT2D eigenvalue weighted by molar-refractivity contribution is 7.98. The van der Waals surface area contributed by atoms with E-state index in [0.29, 0.717) is 0 Å². The minimum absolute atomic E-state index is 0.123. The van der Waals surface area contributed by atoms with Crippen molar-refractivity contribution in [1.82, 2.24) is 25.5 Å². The van der Waals surface area contributed by atoms with Crippen molar-refractivity contribution in [3.05, 3.63) is 22.4 Å². The van der Waals surface area contributed by atoms with Gasteiger partial charge in [0, 0.05) is 22.7 Å². The van der Waals surface area contributed by atoms with E-state index < -0.39 is 0 Å². The summed E-state index contributed by atoms with van der Waals surface area (Å²) in [6.07, 6.45) is 0. The van der Waals surface area contributed by atoms with Crippen LogP contribution in [0.5, 0.6) is 0 Å². The third-order valence-corrected chi connectivity index (χ3v) is 4.47. The van der Waals surface area contributed by atoms with Gasteiger partial charge in [-0.05, 0) is 42.6 Å². The quantitative estimate of drug-likeness (QED) is 0.830. The molecule has 7 heteroatoms. The number of thiophene rings is 1. The smallest absolute Gasteiger partial charge is 0.209 e. The molecule has 0 saturated carbocycles. The molecule has 0 atom stereocenters. The number of hydrogen-bond donors (Lipinski definition) is 1. The first-order chi connectivity index (χ1) is 9.04. The molecule has 0 radical (unpaired) electrons. The summed E-state index contributed by atoms with van der Waals surface area (Å²) in [5.41, 5.74) is 0.123. The van der Waals surface area contributed by atoms with Crippen molar-refractivity contribution < 1.29 is 0 Å². The Labute approximate surface area is 121 Å². The molecule has 2 rings (SSSR count). The average molecular weight is 297 g/mol. The SMILES string of the molecule is CC(C)(C)NCCn1nnnc1SCc1cccs1. The van der Waals surface area contributed by atoms with Gasteiger partial charge in [0.1, 0.15) is 0 Å². The molecule has 2 aromatic rings. The number of aromatic nitrogens is 4. The molecule has 1 N–H and O–H groups in total. The molecule has 0 aliphatic heterocycles. The summed E-state index contributed by atoms with van der Waals surface area (Å²) in [6, 6.07) is 4.20. The fourth-order valence-corrected chi connectivity index (χ4v) is 3.18. The van der Waals surface area contributed by atoms with E-state index in [1.165, 1.54) is 4.88 Å². The summed E-state index contributed by atoms with van der Waals surface area (Å²) in [7, 11) is 0. The molecule has 0 amide bonds. The van der Waals surface area contributed by atoms with Crippen LogP contribution in [-0.4, -0.2) is 32.3 Å². The molecule has 0 aliphatic carbocycles. The second-order valence-electron chi connectivity index (χ2n) is 5.23. The van der Waals surface area contributed by atoms with Gasteiger partial charge in [0.2, 0.25) is 5.16 Å². The molecular formula is C12H19N5S2. The Morgan fingerprint density at radius 2 is 2.26 bits per heavy atom. The number of nitrogens with zero attached hydrogens (tertiary/aromatic N) is 4. The van der Waals surface area contributed by atoms with Crippen LogP contribution in [-0.2, 0) is 12.3 Å². The first kappa shape index (κ1) is 14.5. The topological polar surface area (TPSA) is 55.6 Å². The summed E-state index contributed by atoms with van der Waals surface area (Å²) in [4.78, 5) is 1.34. The molecular weight excluding hydrogens is 278 g/mol. The highest BCUT2D eigenvalue weighted by Gasteiger charge is 2.10. The monoisotopic (exact) mass is 297 g/mol. The van der Waals surface area contributed by atoms with Crippen LogP contribution in [0.3, 0.4) is 0 Å². The lowest BCUT2D eigenvalue weighted by Crippen LogP contribution is -2.38. The van der Waals surface area contributed by atoms with Gasteiger partial charge in [-0.15, -0.1) is 16.4 Å². The van der Waals surface area contributed by atoms with Gasteiger partial charge < -0.3 is 5.32 Å². The van der Waals surface area contributed by atoms with Crippen molar-refractivity contribution in [3.63, 3.8) is 0 Å². The predicted octanol–water partition coefficient (Wildman–Crippen LogP) is 2.42. The zero-order valence-corrected chi connectivity index (χ0v) is 13.1. The van der Waals surface area contributed by atoms with Crippen molar-refractivity contribution in [1.29, 1.82) is 0 Å². The molecule has 5 nitrogen and oxygen atoms in total. The van der Waals surface area contributed by atoms with Crippen molar-refractivity contribution in [2.24, 2.45) is 0 Å². The number of thioether (sulfide) groups is 1. The lowest BCUT2D eigenvalue weighted by Gasteiger charge is -2.20. The van der Waals surface area contributed by atoms with Gasteiger partial charge in [0.05, 0.1) is 6.54 Å². The number of hydrogen-bond acceptors (Lipinski definition) is 6. The van der Waals surface area contributed by atoms with E-state index in [2.05, 4.69) is 59.1 Å². The summed E-state index contributed by atoms with van der Waals surface area (Å²) in [5, 5.41) is 18.3. The van der Waals surface area contributed by atoms with Crippen molar-refractivity contribution >= 4 is 23.1 Å². The molecule has 0 unspecified atom stereocenters. The fraction of sp³-hybridized carbons (Fsp3) is 0.583. The maximum atomic E-state index is 4.07. The molecule has 0 aromatic carbocycles. The summed E-state index contributed by atoms with van der Waals surface area (Å²) < 4.78 is 1.86. The van der Waals surface area contributed by atoms with Crippen LogP contribution in [0.25, 0.3) is 0 Å². The third kappa shape index (κ3) is 4.93. The first-order valence-corrected chi connectivity index (χ1v) is 8.07. The predicted molar refractivity (Wildman–Crippen MR) is 79.5 cm³/mol. The second kappa shape index (κ2) is 6.49. The summed E-state index contributed by atoms with van der Waals surface area (Å²) >= 11 is 3.44. The van der Waals surface area contributed by atoms with Crippen LogP contribution >= 0.6 is 23.1 Å². The molecule has 0 fully saturated rings. The average Bonchev–Trinajstić information content (AvgIpc) is 2.95. The van der Waals surface area contributed by atoms with Crippen LogP contribution in [0.2, 0.25) is 0 Å². The second-order valence-corrected chi connectivity index (χ2v) is 7.20. The minimum atomic E-state index is 0.123. The minimum Gasteiger partial charge on any atom is -0.310 e. The Bertz CT molecular complexity index is 486. The molecule has 104 valence electrons. The van der Waals surface area contributed by atoms with E-state index in [1.54, 1.807) is 23.1 Å². The standard InChI is InChI=1S/C12H19N5S2/c1-12(2,3)13-6-7-17-11(14-15-16-17)19-9-10-5-4-8-18-10/h4-5,8,13H,6-7,9H2,1-3H3. The molecule has 0 saturated heterocycles. The van der Waals surface area contributed by atoms with Gasteiger partial charge in [0.15, 0.2) is 0 Å². The van der Waals surface area contributed by atoms with Crippen LogP contribution in [0.15, 0.2) is 22.7 Å². The maximum Gasteiger partial charge on any atom is 0.209 e. The molecule has 0 spiro atoms. The Balaban J connectivity index is 1.83. The third-order valence-electron chi connectivity index (χ3n) is 2.40. The Kier molecular flexibility index (Phi) is 4.95. The van der Waals surface area contributed by atoms with E-state index in [4.69, 9.17) is 0 Å². The zero-order valence-electron chi connectivity index (χ0n) is 11.5. The lowest BCUT2D eigenvalue weighted by molar-refractivity contribution is 0.396. The van der Waals surface area contributed by atoms with Crippen LogP contribution in [0, 0.1) is 0 Å². The molecule has 2 heterocycles. The maximum absolute atomic E-state index is 4.07. The molecule has 19 heavy (non-hydrogen) atoms. The Morgan fingerprint density at radius 1 is 1.42 bits per heavy atom. The van der Waals surface area contributed by atoms with Crippen molar-refractivity contribution in [3.8, 4) is 0 Å². The van der Waals surface area contributed by atoms with Gasteiger partial charge >= 0.3 is 0 Å². The van der Waals surface area contributed by atoms with Crippen molar-refractivity contribution in [2.75, 3.05) is 6.54 Å². The van der Waals surface area contributed by atoms with E-state index in [0.717, 1.165) is 24.0 Å². The van der Waals surface area contributed by atoms with Gasteiger partial charge in [-0.25, -0.2) is 4.68 Å². The summed E-state index contributed by atoms with van der Waals surface area (Å²) in [5.74, 6) is 0.921.